The average Bonchev–Trinajstić information content (AvgIpc) is 2.91. The van der Waals surface area contributed by atoms with Crippen molar-refractivity contribution in [2.24, 2.45) is 7.05 Å². The van der Waals surface area contributed by atoms with Crippen LogP contribution >= 0.6 is 11.8 Å². The summed E-state index contributed by atoms with van der Waals surface area (Å²) >= 11 is 1.48. The number of amides is 2. The number of carbonyl (C=O) groups excluding carboxylic acids is 2. The van der Waals surface area contributed by atoms with Gasteiger partial charge in [-0.1, -0.05) is 42.1 Å². The molecule has 0 saturated carbocycles. The van der Waals surface area contributed by atoms with Crippen LogP contribution in [0.4, 0.5) is 10.5 Å². The number of ether oxygens (including phenoxy) is 2. The Labute approximate surface area is 237 Å². The Bertz CT molecular complexity index is 1560. The number of nitrogens with zero attached hydrogens (tertiary/aromatic N) is 1. The van der Waals surface area contributed by atoms with E-state index in [0.29, 0.717) is 11.4 Å². The fourth-order valence-corrected chi connectivity index (χ4v) is 5.05. The molecule has 208 valence electrons. The van der Waals surface area contributed by atoms with Crippen LogP contribution < -0.4 is 20.9 Å². The van der Waals surface area contributed by atoms with Crippen molar-refractivity contribution in [2.75, 3.05) is 12.4 Å². The molecule has 3 aromatic carbocycles. The van der Waals surface area contributed by atoms with Crippen LogP contribution in [0, 0.1) is 0 Å². The Morgan fingerprint density at radius 2 is 1.65 bits per heavy atom. The van der Waals surface area contributed by atoms with Gasteiger partial charge in [0.05, 0.1) is 12.6 Å². The van der Waals surface area contributed by atoms with Gasteiger partial charge in [0.2, 0.25) is 5.91 Å². The third-order valence-electron chi connectivity index (χ3n) is 6.07. The maximum Gasteiger partial charge on any atom is 0.408 e. The lowest BCUT2D eigenvalue weighted by Gasteiger charge is -2.23. The predicted octanol–water partition coefficient (Wildman–Crippen LogP) is 5.77. The number of aryl methyl sites for hydroxylation is 1. The quantitative estimate of drug-likeness (QED) is 0.284. The van der Waals surface area contributed by atoms with Crippen molar-refractivity contribution in [3.63, 3.8) is 0 Å². The molecule has 0 spiro atoms. The molecule has 2 amide bonds. The van der Waals surface area contributed by atoms with Crippen LogP contribution in [0.5, 0.6) is 5.75 Å². The van der Waals surface area contributed by atoms with Crippen LogP contribution in [-0.4, -0.2) is 35.3 Å². The first-order valence-corrected chi connectivity index (χ1v) is 13.6. The maximum atomic E-state index is 13.3. The molecule has 0 aliphatic carbocycles. The molecule has 2 N–H and O–H groups in total. The number of benzene rings is 3. The summed E-state index contributed by atoms with van der Waals surface area (Å²) in [5, 5.41) is 6.58. The van der Waals surface area contributed by atoms with E-state index in [2.05, 4.69) is 10.6 Å². The number of pyridine rings is 1. The molecule has 1 aromatic heterocycles. The first kappa shape index (κ1) is 28.8. The molecule has 1 heterocycles. The number of fused-ring (bicyclic) bond motifs is 1. The van der Waals surface area contributed by atoms with Crippen LogP contribution in [0.1, 0.15) is 26.3 Å². The number of hydrogen-bond donors (Lipinski definition) is 2. The number of para-hydroxylation sites is 1. The molecular formula is C31H33N3O5S. The molecule has 1 unspecified atom stereocenters. The third-order valence-corrected chi connectivity index (χ3v) is 7.14. The molecule has 0 radical (unpaired) electrons. The van der Waals surface area contributed by atoms with Gasteiger partial charge in [-0.15, -0.1) is 0 Å². The summed E-state index contributed by atoms with van der Waals surface area (Å²) in [5.74, 6) is 0.325. The second-order valence-electron chi connectivity index (χ2n) is 10.3. The monoisotopic (exact) mass is 559 g/mol. The van der Waals surface area contributed by atoms with E-state index in [1.165, 1.54) is 11.8 Å². The Hall–Kier alpha value is -4.24. The number of nitrogens with one attached hydrogen (secondary N) is 2. The van der Waals surface area contributed by atoms with Crippen LogP contribution in [0.2, 0.25) is 0 Å². The molecule has 4 rings (SSSR count). The van der Waals surface area contributed by atoms with Gasteiger partial charge in [-0.25, -0.2) is 4.79 Å². The minimum Gasteiger partial charge on any atom is -0.497 e. The summed E-state index contributed by atoms with van der Waals surface area (Å²) in [6.45, 7) is 5.29. The molecule has 0 bridgehead atoms. The highest BCUT2D eigenvalue weighted by atomic mass is 32.2. The minimum atomic E-state index is -0.871. The summed E-state index contributed by atoms with van der Waals surface area (Å²) in [4.78, 5) is 40.0. The molecule has 0 aliphatic rings. The topological polar surface area (TPSA) is 98.7 Å². The van der Waals surface area contributed by atoms with E-state index >= 15 is 0 Å². The van der Waals surface area contributed by atoms with E-state index in [-0.39, 0.29) is 17.9 Å². The van der Waals surface area contributed by atoms with Gasteiger partial charge < -0.3 is 24.7 Å². The number of rotatable bonds is 8. The van der Waals surface area contributed by atoms with Gasteiger partial charge in [-0.05, 0) is 68.8 Å². The second-order valence-corrected chi connectivity index (χ2v) is 11.4. The minimum absolute atomic E-state index is 0.0783. The Balaban J connectivity index is 1.49. The van der Waals surface area contributed by atoms with Gasteiger partial charge in [-0.3, -0.25) is 9.59 Å². The molecule has 0 aliphatic heterocycles. The molecule has 0 saturated heterocycles. The van der Waals surface area contributed by atoms with Gasteiger partial charge in [0.15, 0.2) is 0 Å². The summed E-state index contributed by atoms with van der Waals surface area (Å²) in [7, 11) is 3.35. The highest BCUT2D eigenvalue weighted by Gasteiger charge is 2.25. The first-order chi connectivity index (χ1) is 19.0. The van der Waals surface area contributed by atoms with E-state index in [9.17, 15) is 14.4 Å². The fraction of sp³-hybridized carbons (Fsp3) is 0.258. The molecular weight excluding hydrogens is 526 g/mol. The lowest BCUT2D eigenvalue weighted by Crippen LogP contribution is -2.47. The average molecular weight is 560 g/mol. The van der Waals surface area contributed by atoms with Crippen molar-refractivity contribution in [3.05, 3.63) is 94.8 Å². The number of aromatic nitrogens is 1. The van der Waals surface area contributed by atoms with Crippen molar-refractivity contribution in [1.29, 1.82) is 0 Å². The number of carbonyl (C=O) groups is 2. The normalized spacial score (nSPS) is 12.0. The predicted molar refractivity (Wildman–Crippen MR) is 158 cm³/mol. The lowest BCUT2D eigenvalue weighted by atomic mass is 10.0. The van der Waals surface area contributed by atoms with Crippen molar-refractivity contribution in [2.45, 2.75) is 48.6 Å². The van der Waals surface area contributed by atoms with Crippen LogP contribution in [0.15, 0.2) is 93.4 Å². The number of hydrogen-bond acceptors (Lipinski definition) is 6. The largest absolute Gasteiger partial charge is 0.497 e. The van der Waals surface area contributed by atoms with E-state index in [1.54, 1.807) is 69.8 Å². The van der Waals surface area contributed by atoms with Gasteiger partial charge in [-0.2, -0.15) is 0 Å². The zero-order chi connectivity index (χ0) is 28.9. The van der Waals surface area contributed by atoms with E-state index in [0.717, 1.165) is 26.3 Å². The number of methoxy groups -OCH3 is 1. The molecule has 4 aromatic rings. The Morgan fingerprint density at radius 1 is 0.975 bits per heavy atom. The van der Waals surface area contributed by atoms with Gasteiger partial charge >= 0.3 is 6.09 Å². The smallest absolute Gasteiger partial charge is 0.408 e. The zero-order valence-electron chi connectivity index (χ0n) is 23.2. The molecule has 8 nitrogen and oxygen atoms in total. The standard InChI is InChI=1S/C31H33N3O5S/c1-31(2,3)39-30(37)33-25(18-20-10-14-22(38-5)15-11-20)29(36)32-21-12-16-23(17-13-21)40-27-19-28(35)34(4)26-9-7-6-8-24(26)27/h6-17,19,25H,18H2,1-5H3,(H,32,36)(H,33,37). The van der Waals surface area contributed by atoms with Gasteiger partial charge in [0, 0.05) is 40.4 Å². The molecule has 0 fully saturated rings. The van der Waals surface area contributed by atoms with Gasteiger partial charge in [0.1, 0.15) is 17.4 Å². The molecule has 40 heavy (non-hydrogen) atoms. The first-order valence-electron chi connectivity index (χ1n) is 12.8. The SMILES string of the molecule is COc1ccc(CC(NC(=O)OC(C)(C)C)C(=O)Nc2ccc(Sc3cc(=O)n(C)c4ccccc34)cc2)cc1. The van der Waals surface area contributed by atoms with Crippen molar-refractivity contribution in [3.8, 4) is 5.75 Å². The number of anilines is 1. The Kier molecular flexibility index (Phi) is 8.84. The van der Waals surface area contributed by atoms with Gasteiger partial charge in [0.25, 0.3) is 5.56 Å². The van der Waals surface area contributed by atoms with Crippen molar-refractivity contribution < 1.29 is 19.1 Å². The van der Waals surface area contributed by atoms with E-state index in [1.807, 2.05) is 48.5 Å². The van der Waals surface area contributed by atoms with E-state index < -0.39 is 17.7 Å². The van der Waals surface area contributed by atoms with Crippen molar-refractivity contribution in [1.82, 2.24) is 9.88 Å². The number of alkyl carbamates (subject to hydrolysis) is 1. The highest BCUT2D eigenvalue weighted by molar-refractivity contribution is 7.99. The van der Waals surface area contributed by atoms with Crippen LogP contribution in [-0.2, 0) is 23.0 Å². The molecule has 1 atom stereocenters. The third kappa shape index (κ3) is 7.45. The Morgan fingerprint density at radius 3 is 2.30 bits per heavy atom. The van der Waals surface area contributed by atoms with Crippen LogP contribution in [0.25, 0.3) is 10.9 Å². The zero-order valence-corrected chi connectivity index (χ0v) is 24.0. The molecule has 9 heteroatoms. The summed E-state index contributed by atoms with van der Waals surface area (Å²) in [5.41, 5.74) is 1.51. The van der Waals surface area contributed by atoms with Crippen molar-refractivity contribution >= 4 is 40.4 Å². The summed E-state index contributed by atoms with van der Waals surface area (Å²) < 4.78 is 12.2. The fourth-order valence-electron chi connectivity index (χ4n) is 4.08. The van der Waals surface area contributed by atoms with E-state index in [4.69, 9.17) is 9.47 Å². The summed E-state index contributed by atoms with van der Waals surface area (Å²) in [6, 6.07) is 23.2. The highest BCUT2D eigenvalue weighted by Crippen LogP contribution is 2.33. The van der Waals surface area contributed by atoms with Crippen LogP contribution in [0.3, 0.4) is 0 Å². The lowest BCUT2D eigenvalue weighted by molar-refractivity contribution is -0.118. The maximum absolute atomic E-state index is 13.3. The second kappa shape index (κ2) is 12.3. The summed E-state index contributed by atoms with van der Waals surface area (Å²) in [6.07, 6.45) is -0.409.